The van der Waals surface area contributed by atoms with E-state index in [1.165, 1.54) is 0 Å². The summed E-state index contributed by atoms with van der Waals surface area (Å²) in [6.45, 7) is 1.71. The minimum Gasteiger partial charge on any atom is -0.494 e. The van der Waals surface area contributed by atoms with E-state index in [1.807, 2.05) is 18.2 Å². The molecule has 0 bridgehead atoms. The molecular formula is C18H20N2O3. The summed E-state index contributed by atoms with van der Waals surface area (Å²) in [5.74, 6) is 0.391. The van der Waals surface area contributed by atoms with E-state index >= 15 is 0 Å². The number of methoxy groups -OCH3 is 1. The van der Waals surface area contributed by atoms with Gasteiger partial charge in [-0.1, -0.05) is 30.3 Å². The van der Waals surface area contributed by atoms with Crippen molar-refractivity contribution in [2.75, 3.05) is 26.8 Å². The lowest BCUT2D eigenvalue weighted by Crippen LogP contribution is -2.34. The van der Waals surface area contributed by atoms with Gasteiger partial charge in [0.05, 0.1) is 19.8 Å². The zero-order chi connectivity index (χ0) is 16.1. The quantitative estimate of drug-likeness (QED) is 0.874. The lowest BCUT2D eigenvalue weighted by Gasteiger charge is -2.20. The van der Waals surface area contributed by atoms with Crippen molar-refractivity contribution >= 4 is 5.91 Å². The molecule has 1 aliphatic rings. The van der Waals surface area contributed by atoms with Gasteiger partial charge in [-0.05, 0) is 24.1 Å². The van der Waals surface area contributed by atoms with E-state index < -0.39 is 0 Å². The normalized spacial score (nSPS) is 18.3. The highest BCUT2D eigenvalue weighted by molar-refractivity contribution is 5.94. The van der Waals surface area contributed by atoms with E-state index in [0.29, 0.717) is 31.1 Å². The Balaban J connectivity index is 1.71. The van der Waals surface area contributed by atoms with Gasteiger partial charge in [-0.25, -0.2) is 4.98 Å². The van der Waals surface area contributed by atoms with Crippen LogP contribution >= 0.6 is 0 Å². The molecule has 1 unspecified atom stereocenters. The maximum atomic E-state index is 12.7. The van der Waals surface area contributed by atoms with Crippen molar-refractivity contribution < 1.29 is 14.3 Å². The fraction of sp³-hybridized carbons (Fsp3) is 0.333. The molecule has 120 valence electrons. The van der Waals surface area contributed by atoms with Crippen LogP contribution in [0.1, 0.15) is 28.6 Å². The number of carbonyl (C=O) groups is 1. The maximum Gasteiger partial charge on any atom is 0.276 e. The van der Waals surface area contributed by atoms with Crippen molar-refractivity contribution in [1.82, 2.24) is 9.88 Å². The highest BCUT2D eigenvalue weighted by Gasteiger charge is 2.25. The summed E-state index contributed by atoms with van der Waals surface area (Å²) in [7, 11) is 1.55. The zero-order valence-electron chi connectivity index (χ0n) is 13.1. The fourth-order valence-electron chi connectivity index (χ4n) is 2.77. The highest BCUT2D eigenvalue weighted by atomic mass is 16.5. The Labute approximate surface area is 135 Å². The Hall–Kier alpha value is -2.40. The molecule has 23 heavy (non-hydrogen) atoms. The van der Waals surface area contributed by atoms with Gasteiger partial charge in [0, 0.05) is 19.3 Å². The predicted octanol–water partition coefficient (Wildman–Crippen LogP) is 2.69. The van der Waals surface area contributed by atoms with Crippen molar-refractivity contribution in [2.24, 2.45) is 0 Å². The van der Waals surface area contributed by atoms with Crippen molar-refractivity contribution in [3.8, 4) is 5.75 Å². The van der Waals surface area contributed by atoms with Crippen molar-refractivity contribution in [1.29, 1.82) is 0 Å². The first-order chi connectivity index (χ1) is 11.3. The minimum atomic E-state index is -0.111. The molecule has 1 aromatic heterocycles. The molecule has 1 atom stereocenters. The van der Waals surface area contributed by atoms with Crippen LogP contribution in [0.15, 0.2) is 48.7 Å². The number of hydrogen-bond donors (Lipinski definition) is 0. The van der Waals surface area contributed by atoms with E-state index in [1.54, 1.807) is 30.3 Å². The van der Waals surface area contributed by atoms with Crippen LogP contribution in [0.25, 0.3) is 0 Å². The van der Waals surface area contributed by atoms with Gasteiger partial charge in [0.25, 0.3) is 5.91 Å². The Morgan fingerprint density at radius 1 is 1.22 bits per heavy atom. The molecule has 0 N–H and O–H groups in total. The van der Waals surface area contributed by atoms with Gasteiger partial charge < -0.3 is 14.4 Å². The Bertz CT molecular complexity index is 660. The molecule has 2 aromatic rings. The lowest BCUT2D eigenvalue weighted by atomic mass is 10.1. The molecule has 2 heterocycles. The molecule has 1 aromatic carbocycles. The zero-order valence-corrected chi connectivity index (χ0v) is 13.1. The van der Waals surface area contributed by atoms with Gasteiger partial charge in [-0.3, -0.25) is 4.79 Å². The van der Waals surface area contributed by atoms with E-state index in [9.17, 15) is 4.79 Å². The average Bonchev–Trinajstić information content (AvgIpc) is 2.88. The highest BCUT2D eigenvalue weighted by Crippen LogP contribution is 2.25. The molecule has 5 heteroatoms. The molecule has 1 aliphatic heterocycles. The summed E-state index contributed by atoms with van der Waals surface area (Å²) < 4.78 is 11.2. The van der Waals surface area contributed by atoms with Crippen molar-refractivity contribution in [2.45, 2.75) is 12.5 Å². The molecule has 1 amide bonds. The van der Waals surface area contributed by atoms with E-state index in [2.05, 4.69) is 17.1 Å². The number of aromatic nitrogens is 1. The maximum absolute atomic E-state index is 12.7. The number of ether oxygens (including phenoxy) is 2. The Morgan fingerprint density at radius 2 is 2.04 bits per heavy atom. The fourth-order valence-corrected chi connectivity index (χ4v) is 2.77. The first-order valence-electron chi connectivity index (χ1n) is 7.74. The third kappa shape index (κ3) is 3.51. The number of carbonyl (C=O) groups excluding carboxylic acids is 1. The van der Waals surface area contributed by atoms with Crippen LogP contribution in [-0.4, -0.2) is 42.6 Å². The summed E-state index contributed by atoms with van der Waals surface area (Å²) in [6, 6.07) is 13.6. The van der Waals surface area contributed by atoms with Gasteiger partial charge in [0.2, 0.25) is 0 Å². The number of benzene rings is 1. The molecule has 1 fully saturated rings. The SMILES string of the molecule is COc1cccnc1C(=O)N1CCOC(c2ccccc2)CC1. The topological polar surface area (TPSA) is 51.7 Å². The molecule has 0 radical (unpaired) electrons. The van der Waals surface area contributed by atoms with Gasteiger partial charge in [0.15, 0.2) is 5.69 Å². The van der Waals surface area contributed by atoms with Crippen LogP contribution in [0.3, 0.4) is 0 Å². The second-order valence-corrected chi connectivity index (χ2v) is 5.41. The van der Waals surface area contributed by atoms with Crippen LogP contribution in [0, 0.1) is 0 Å². The number of nitrogens with zero attached hydrogens (tertiary/aromatic N) is 2. The summed E-state index contributed by atoms with van der Waals surface area (Å²) >= 11 is 0. The molecule has 5 nitrogen and oxygen atoms in total. The monoisotopic (exact) mass is 312 g/mol. The first-order valence-corrected chi connectivity index (χ1v) is 7.74. The summed E-state index contributed by atoms with van der Waals surface area (Å²) in [6.07, 6.45) is 2.40. The molecule has 0 spiro atoms. The summed E-state index contributed by atoms with van der Waals surface area (Å²) in [4.78, 5) is 18.7. The lowest BCUT2D eigenvalue weighted by molar-refractivity contribution is 0.0582. The van der Waals surface area contributed by atoms with Crippen LogP contribution in [0.4, 0.5) is 0 Å². The molecule has 1 saturated heterocycles. The van der Waals surface area contributed by atoms with Gasteiger partial charge >= 0.3 is 0 Å². The largest absolute Gasteiger partial charge is 0.494 e. The Kier molecular flexibility index (Phi) is 4.88. The van der Waals surface area contributed by atoms with Crippen LogP contribution in [0.2, 0.25) is 0 Å². The first kappa shape index (κ1) is 15.5. The number of amides is 1. The molecular weight excluding hydrogens is 292 g/mol. The van der Waals surface area contributed by atoms with Crippen LogP contribution in [0.5, 0.6) is 5.75 Å². The van der Waals surface area contributed by atoms with Gasteiger partial charge in [-0.2, -0.15) is 0 Å². The molecule has 3 rings (SSSR count). The average molecular weight is 312 g/mol. The molecule has 0 aliphatic carbocycles. The van der Waals surface area contributed by atoms with Gasteiger partial charge in [-0.15, -0.1) is 0 Å². The molecule has 0 saturated carbocycles. The smallest absolute Gasteiger partial charge is 0.276 e. The minimum absolute atomic E-state index is 0.0274. The second kappa shape index (κ2) is 7.24. The summed E-state index contributed by atoms with van der Waals surface area (Å²) in [5.41, 5.74) is 1.50. The van der Waals surface area contributed by atoms with E-state index in [-0.39, 0.29) is 12.0 Å². The third-order valence-electron chi connectivity index (χ3n) is 3.99. The third-order valence-corrected chi connectivity index (χ3v) is 3.99. The number of pyridine rings is 1. The van der Waals surface area contributed by atoms with Crippen LogP contribution in [-0.2, 0) is 4.74 Å². The van der Waals surface area contributed by atoms with E-state index in [0.717, 1.165) is 12.0 Å². The van der Waals surface area contributed by atoms with Gasteiger partial charge in [0.1, 0.15) is 5.75 Å². The predicted molar refractivity (Wildman–Crippen MR) is 86.4 cm³/mol. The number of rotatable bonds is 3. The van der Waals surface area contributed by atoms with Crippen molar-refractivity contribution in [3.63, 3.8) is 0 Å². The van der Waals surface area contributed by atoms with Crippen molar-refractivity contribution in [3.05, 3.63) is 59.9 Å². The second-order valence-electron chi connectivity index (χ2n) is 5.41. The number of hydrogen-bond acceptors (Lipinski definition) is 4. The van der Waals surface area contributed by atoms with E-state index in [4.69, 9.17) is 9.47 Å². The Morgan fingerprint density at radius 3 is 2.83 bits per heavy atom. The van der Waals surface area contributed by atoms with Crippen LogP contribution < -0.4 is 4.74 Å². The standard InChI is InChI=1S/C18H20N2O3/c1-22-16-8-5-10-19-17(16)18(21)20-11-9-15(23-13-12-20)14-6-3-2-4-7-14/h2-8,10,15H,9,11-13H2,1H3. The summed E-state index contributed by atoms with van der Waals surface area (Å²) in [5, 5.41) is 0.